The first-order chi connectivity index (χ1) is 8.08. The van der Waals surface area contributed by atoms with E-state index in [0.717, 1.165) is 18.7 Å². The number of hydrogen-bond acceptors (Lipinski definition) is 4. The summed E-state index contributed by atoms with van der Waals surface area (Å²) in [6.07, 6.45) is 2.80. The molecule has 3 N–H and O–H groups in total. The largest absolute Gasteiger partial charge is 0.409 e. The number of nitrogens with two attached hydrogens (primary N) is 1. The van der Waals surface area contributed by atoms with Crippen molar-refractivity contribution in [2.45, 2.75) is 20.3 Å². The van der Waals surface area contributed by atoms with Gasteiger partial charge >= 0.3 is 0 Å². The molecule has 94 valence electrons. The molecular formula is C12H20N4O. The number of aromatic nitrogens is 1. The van der Waals surface area contributed by atoms with Crippen molar-refractivity contribution in [3.63, 3.8) is 0 Å². The van der Waals surface area contributed by atoms with E-state index in [1.807, 2.05) is 19.2 Å². The summed E-state index contributed by atoms with van der Waals surface area (Å²) < 4.78 is 0. The lowest BCUT2D eigenvalue weighted by Crippen LogP contribution is -2.24. The van der Waals surface area contributed by atoms with Gasteiger partial charge in [-0.1, -0.05) is 25.4 Å². The van der Waals surface area contributed by atoms with Crippen molar-refractivity contribution in [2.24, 2.45) is 16.8 Å². The second-order valence-corrected chi connectivity index (χ2v) is 4.28. The molecule has 0 spiro atoms. The number of hydrogen-bond donors (Lipinski definition) is 2. The van der Waals surface area contributed by atoms with Crippen LogP contribution in [0, 0.1) is 5.92 Å². The van der Waals surface area contributed by atoms with Crippen LogP contribution in [0.4, 0.5) is 5.69 Å². The molecule has 17 heavy (non-hydrogen) atoms. The highest BCUT2D eigenvalue weighted by atomic mass is 16.4. The van der Waals surface area contributed by atoms with Gasteiger partial charge in [0.15, 0.2) is 5.84 Å². The monoisotopic (exact) mass is 236 g/mol. The highest BCUT2D eigenvalue weighted by Gasteiger charge is 2.08. The van der Waals surface area contributed by atoms with Gasteiger partial charge in [-0.3, -0.25) is 4.98 Å². The summed E-state index contributed by atoms with van der Waals surface area (Å²) in [5, 5.41) is 11.6. The van der Waals surface area contributed by atoms with Crippen LogP contribution in [0.1, 0.15) is 26.0 Å². The summed E-state index contributed by atoms with van der Waals surface area (Å²) in [6.45, 7) is 5.35. The summed E-state index contributed by atoms with van der Waals surface area (Å²) in [5.74, 6) is 0.657. The van der Waals surface area contributed by atoms with Crippen molar-refractivity contribution in [3.8, 4) is 0 Å². The summed E-state index contributed by atoms with van der Waals surface area (Å²) in [7, 11) is 2.03. The average molecular weight is 236 g/mol. The molecule has 0 aliphatic rings. The molecule has 0 amide bonds. The number of nitrogens with zero attached hydrogens (tertiary/aromatic N) is 3. The van der Waals surface area contributed by atoms with Crippen LogP contribution in [0.2, 0.25) is 0 Å². The molecule has 0 saturated heterocycles. The van der Waals surface area contributed by atoms with Crippen molar-refractivity contribution >= 4 is 11.5 Å². The lowest BCUT2D eigenvalue weighted by molar-refractivity contribution is 0.318. The third-order valence-electron chi connectivity index (χ3n) is 2.84. The third-order valence-corrected chi connectivity index (χ3v) is 2.84. The first-order valence-corrected chi connectivity index (χ1v) is 5.73. The zero-order chi connectivity index (χ0) is 12.8. The maximum absolute atomic E-state index is 8.61. The molecule has 0 fully saturated rings. The Bertz CT molecular complexity index is 392. The van der Waals surface area contributed by atoms with Gasteiger partial charge in [-0.2, -0.15) is 0 Å². The number of rotatable bonds is 5. The molecule has 1 aromatic rings. The molecule has 0 aliphatic heterocycles. The molecular weight excluding hydrogens is 216 g/mol. The zero-order valence-electron chi connectivity index (χ0n) is 10.6. The fourth-order valence-corrected chi connectivity index (χ4v) is 1.55. The molecule has 0 bridgehead atoms. The molecule has 0 saturated carbocycles. The van der Waals surface area contributed by atoms with E-state index in [9.17, 15) is 0 Å². The first-order valence-electron chi connectivity index (χ1n) is 5.73. The molecule has 1 atom stereocenters. The Balaban J connectivity index is 2.84. The van der Waals surface area contributed by atoms with Crippen molar-refractivity contribution in [1.29, 1.82) is 0 Å². The third kappa shape index (κ3) is 3.62. The van der Waals surface area contributed by atoms with E-state index in [2.05, 4.69) is 28.9 Å². The van der Waals surface area contributed by atoms with Crippen molar-refractivity contribution in [1.82, 2.24) is 4.98 Å². The van der Waals surface area contributed by atoms with Gasteiger partial charge in [-0.25, -0.2) is 0 Å². The normalized spacial score (nSPS) is 13.5. The lowest BCUT2D eigenvalue weighted by Gasteiger charge is -2.22. The van der Waals surface area contributed by atoms with Crippen molar-refractivity contribution < 1.29 is 5.21 Å². The fraction of sp³-hybridized carbons (Fsp3) is 0.500. The molecule has 5 nitrogen and oxygen atoms in total. The summed E-state index contributed by atoms with van der Waals surface area (Å²) in [5.41, 5.74) is 7.01. The lowest BCUT2D eigenvalue weighted by atomic mass is 10.1. The Morgan fingerprint density at radius 1 is 1.65 bits per heavy atom. The molecule has 0 radical (unpaired) electrons. The predicted octanol–water partition coefficient (Wildman–Crippen LogP) is 1.66. The van der Waals surface area contributed by atoms with E-state index in [0.29, 0.717) is 11.6 Å². The first kappa shape index (κ1) is 13.3. The number of pyridine rings is 1. The summed E-state index contributed by atoms with van der Waals surface area (Å²) in [4.78, 5) is 6.19. The maximum Gasteiger partial charge on any atom is 0.188 e. The van der Waals surface area contributed by atoms with Gasteiger partial charge in [0.2, 0.25) is 0 Å². The molecule has 0 aromatic carbocycles. The molecule has 5 heteroatoms. The highest BCUT2D eigenvalue weighted by Crippen LogP contribution is 2.15. The van der Waals surface area contributed by atoms with Gasteiger partial charge in [0.1, 0.15) is 5.69 Å². The standard InChI is InChI=1S/C12H20N4O/c1-4-9(2)8-16(3)10-5-6-14-11(7-10)12(13)15-17/h5-7,9,17H,4,8H2,1-3H3,(H2,13,15). The minimum Gasteiger partial charge on any atom is -0.409 e. The average Bonchev–Trinajstić information content (AvgIpc) is 2.37. The predicted molar refractivity (Wildman–Crippen MR) is 69.5 cm³/mol. The van der Waals surface area contributed by atoms with Gasteiger partial charge < -0.3 is 15.8 Å². The number of oxime groups is 1. The van der Waals surface area contributed by atoms with Crippen LogP contribution >= 0.6 is 0 Å². The van der Waals surface area contributed by atoms with Gasteiger partial charge in [-0.05, 0) is 18.1 Å². The smallest absolute Gasteiger partial charge is 0.188 e. The van der Waals surface area contributed by atoms with E-state index in [-0.39, 0.29) is 5.84 Å². The Morgan fingerprint density at radius 2 is 2.35 bits per heavy atom. The molecule has 1 rings (SSSR count). The van der Waals surface area contributed by atoms with Crippen LogP contribution in [-0.2, 0) is 0 Å². The van der Waals surface area contributed by atoms with Crippen molar-refractivity contribution in [2.75, 3.05) is 18.5 Å². The van der Waals surface area contributed by atoms with Gasteiger partial charge in [0.05, 0.1) is 0 Å². The SMILES string of the molecule is CCC(C)CN(C)c1ccnc(/C(N)=N/O)c1. The summed E-state index contributed by atoms with van der Waals surface area (Å²) in [6, 6.07) is 3.73. The van der Waals surface area contributed by atoms with Crippen LogP contribution in [0.3, 0.4) is 0 Å². The second kappa shape index (κ2) is 6.08. The Morgan fingerprint density at radius 3 is 2.94 bits per heavy atom. The molecule has 1 heterocycles. The van der Waals surface area contributed by atoms with E-state index in [1.165, 1.54) is 0 Å². The van der Waals surface area contributed by atoms with Crippen LogP contribution in [0.25, 0.3) is 0 Å². The zero-order valence-corrected chi connectivity index (χ0v) is 10.6. The molecule has 1 aromatic heterocycles. The second-order valence-electron chi connectivity index (χ2n) is 4.28. The quantitative estimate of drug-likeness (QED) is 0.353. The van der Waals surface area contributed by atoms with Gasteiger partial charge in [0, 0.05) is 25.5 Å². The highest BCUT2D eigenvalue weighted by molar-refractivity contribution is 5.95. The van der Waals surface area contributed by atoms with Gasteiger partial charge in [0.25, 0.3) is 0 Å². The van der Waals surface area contributed by atoms with E-state index < -0.39 is 0 Å². The summed E-state index contributed by atoms with van der Waals surface area (Å²) >= 11 is 0. The van der Waals surface area contributed by atoms with Crippen molar-refractivity contribution in [3.05, 3.63) is 24.0 Å². The van der Waals surface area contributed by atoms with E-state index in [4.69, 9.17) is 10.9 Å². The van der Waals surface area contributed by atoms with Crippen LogP contribution in [-0.4, -0.2) is 29.6 Å². The number of amidine groups is 1. The number of anilines is 1. The van der Waals surface area contributed by atoms with E-state index in [1.54, 1.807) is 6.20 Å². The molecule has 1 unspecified atom stereocenters. The van der Waals surface area contributed by atoms with Crippen LogP contribution < -0.4 is 10.6 Å². The Labute approximate surface area is 102 Å². The van der Waals surface area contributed by atoms with Gasteiger partial charge in [-0.15, -0.1) is 0 Å². The van der Waals surface area contributed by atoms with Crippen LogP contribution in [0.15, 0.2) is 23.5 Å². The fourth-order valence-electron chi connectivity index (χ4n) is 1.55. The van der Waals surface area contributed by atoms with E-state index >= 15 is 0 Å². The Kier molecular flexibility index (Phi) is 4.75. The van der Waals surface area contributed by atoms with Crippen LogP contribution in [0.5, 0.6) is 0 Å². The Hall–Kier alpha value is -1.78. The molecule has 0 aliphatic carbocycles. The minimum atomic E-state index is 0.0313. The maximum atomic E-state index is 8.61. The minimum absolute atomic E-state index is 0.0313. The topological polar surface area (TPSA) is 74.7 Å².